The Hall–Kier alpha value is -2.60. The van der Waals surface area contributed by atoms with E-state index >= 15 is 0 Å². The SMILES string of the molecule is Cc1nc(-c2ccc(CCNC(=O)c3c(F)cccc3F)cc2)cs1. The molecule has 0 aliphatic heterocycles. The van der Waals surface area contributed by atoms with Crippen LogP contribution in [0.5, 0.6) is 0 Å². The second-order valence-electron chi connectivity index (χ2n) is 5.55. The summed E-state index contributed by atoms with van der Waals surface area (Å²) in [4.78, 5) is 16.4. The zero-order valence-corrected chi connectivity index (χ0v) is 14.4. The third-order valence-electron chi connectivity index (χ3n) is 3.76. The number of thiazole rings is 1. The number of halogens is 2. The first-order valence-corrected chi connectivity index (χ1v) is 8.66. The van der Waals surface area contributed by atoms with Crippen LogP contribution in [0.3, 0.4) is 0 Å². The van der Waals surface area contributed by atoms with E-state index in [1.54, 1.807) is 11.3 Å². The largest absolute Gasteiger partial charge is 0.352 e. The first-order chi connectivity index (χ1) is 12.0. The molecule has 3 rings (SSSR count). The van der Waals surface area contributed by atoms with Crippen LogP contribution in [0.15, 0.2) is 47.8 Å². The van der Waals surface area contributed by atoms with Crippen LogP contribution >= 0.6 is 11.3 Å². The van der Waals surface area contributed by atoms with E-state index in [2.05, 4.69) is 10.3 Å². The first kappa shape index (κ1) is 17.2. The highest BCUT2D eigenvalue weighted by atomic mass is 32.1. The van der Waals surface area contributed by atoms with Crippen molar-refractivity contribution in [1.29, 1.82) is 0 Å². The number of rotatable bonds is 5. The van der Waals surface area contributed by atoms with Crippen molar-refractivity contribution < 1.29 is 13.6 Å². The van der Waals surface area contributed by atoms with Gasteiger partial charge in [0.1, 0.15) is 17.2 Å². The molecule has 6 heteroatoms. The summed E-state index contributed by atoms with van der Waals surface area (Å²) in [5.74, 6) is -2.47. The summed E-state index contributed by atoms with van der Waals surface area (Å²) in [5.41, 5.74) is 2.45. The number of hydrogen-bond donors (Lipinski definition) is 1. The molecule has 1 amide bonds. The molecule has 0 radical (unpaired) electrons. The van der Waals surface area contributed by atoms with Crippen LogP contribution in [0, 0.1) is 18.6 Å². The van der Waals surface area contributed by atoms with Gasteiger partial charge in [0.25, 0.3) is 5.91 Å². The molecule has 128 valence electrons. The first-order valence-electron chi connectivity index (χ1n) is 7.78. The Bertz CT molecular complexity index is 870. The fourth-order valence-electron chi connectivity index (χ4n) is 2.46. The number of carbonyl (C=O) groups is 1. The minimum absolute atomic E-state index is 0.293. The lowest BCUT2D eigenvalue weighted by atomic mass is 10.1. The Kier molecular flexibility index (Phi) is 5.19. The van der Waals surface area contributed by atoms with Crippen LogP contribution in [0.1, 0.15) is 20.9 Å². The molecule has 3 nitrogen and oxygen atoms in total. The normalized spacial score (nSPS) is 10.7. The van der Waals surface area contributed by atoms with Crippen molar-refractivity contribution in [2.24, 2.45) is 0 Å². The number of benzene rings is 2. The second kappa shape index (κ2) is 7.53. The third-order valence-corrected chi connectivity index (χ3v) is 4.53. The second-order valence-corrected chi connectivity index (χ2v) is 6.61. The van der Waals surface area contributed by atoms with Gasteiger partial charge in [0.05, 0.1) is 10.7 Å². The highest BCUT2D eigenvalue weighted by Gasteiger charge is 2.16. The number of amides is 1. The molecular formula is C19H16F2N2OS. The average Bonchev–Trinajstić information content (AvgIpc) is 3.02. The zero-order chi connectivity index (χ0) is 17.8. The predicted octanol–water partition coefficient (Wildman–Crippen LogP) is 4.37. The number of carbonyl (C=O) groups excluding carboxylic acids is 1. The summed E-state index contributed by atoms with van der Waals surface area (Å²) in [6.07, 6.45) is 0.568. The van der Waals surface area contributed by atoms with Gasteiger partial charge in [0, 0.05) is 17.5 Å². The standard InChI is InChI=1S/C19H16F2N2OS/c1-12-23-17(11-25-12)14-7-5-13(6-8-14)9-10-22-19(24)18-15(20)3-2-4-16(18)21/h2-8,11H,9-10H2,1H3,(H,22,24). The molecule has 0 atom stereocenters. The van der Waals surface area contributed by atoms with Gasteiger partial charge in [0.2, 0.25) is 0 Å². The van der Waals surface area contributed by atoms with Gasteiger partial charge in [-0.2, -0.15) is 0 Å². The fraction of sp³-hybridized carbons (Fsp3) is 0.158. The van der Waals surface area contributed by atoms with E-state index in [9.17, 15) is 13.6 Å². The molecule has 0 unspecified atom stereocenters. The van der Waals surface area contributed by atoms with E-state index in [1.807, 2.05) is 36.6 Å². The Morgan fingerprint density at radius 2 is 1.80 bits per heavy atom. The molecule has 1 aromatic heterocycles. The fourth-order valence-corrected chi connectivity index (χ4v) is 3.08. The summed E-state index contributed by atoms with van der Waals surface area (Å²) in [6, 6.07) is 11.2. The summed E-state index contributed by atoms with van der Waals surface area (Å²) in [5, 5.41) is 5.57. The van der Waals surface area contributed by atoms with Gasteiger partial charge >= 0.3 is 0 Å². The maximum atomic E-state index is 13.6. The van der Waals surface area contributed by atoms with Gasteiger partial charge < -0.3 is 5.32 Å². The highest BCUT2D eigenvalue weighted by molar-refractivity contribution is 7.09. The van der Waals surface area contributed by atoms with E-state index in [-0.39, 0.29) is 0 Å². The molecule has 25 heavy (non-hydrogen) atoms. The van der Waals surface area contributed by atoms with Gasteiger partial charge in [-0.1, -0.05) is 30.3 Å². The molecule has 0 saturated heterocycles. The minimum Gasteiger partial charge on any atom is -0.352 e. The van der Waals surface area contributed by atoms with Gasteiger partial charge in [-0.05, 0) is 31.0 Å². The molecule has 3 aromatic rings. The number of hydrogen-bond acceptors (Lipinski definition) is 3. The molecule has 0 fully saturated rings. The van der Waals surface area contributed by atoms with Crippen LogP contribution in [-0.2, 0) is 6.42 Å². The Morgan fingerprint density at radius 1 is 1.12 bits per heavy atom. The topological polar surface area (TPSA) is 42.0 Å². The maximum absolute atomic E-state index is 13.6. The number of aryl methyl sites for hydroxylation is 1. The van der Waals surface area contributed by atoms with Crippen molar-refractivity contribution >= 4 is 17.2 Å². The Morgan fingerprint density at radius 3 is 2.40 bits per heavy atom. The van der Waals surface area contributed by atoms with Crippen LogP contribution < -0.4 is 5.32 Å². The van der Waals surface area contributed by atoms with Gasteiger partial charge in [-0.15, -0.1) is 11.3 Å². The van der Waals surface area contributed by atoms with Crippen molar-refractivity contribution in [3.05, 3.63) is 75.6 Å². The summed E-state index contributed by atoms with van der Waals surface area (Å²) in [7, 11) is 0. The van der Waals surface area contributed by atoms with Gasteiger partial charge in [-0.25, -0.2) is 13.8 Å². The third kappa shape index (κ3) is 4.09. The molecule has 0 aliphatic rings. The van der Waals surface area contributed by atoms with Crippen LogP contribution in [0.2, 0.25) is 0 Å². The molecule has 0 saturated carbocycles. The van der Waals surface area contributed by atoms with Crippen LogP contribution in [-0.4, -0.2) is 17.4 Å². The lowest BCUT2D eigenvalue weighted by Gasteiger charge is -2.07. The summed E-state index contributed by atoms with van der Waals surface area (Å²) >= 11 is 1.60. The Balaban J connectivity index is 1.58. The molecule has 0 aliphatic carbocycles. The van der Waals surface area contributed by atoms with E-state index in [4.69, 9.17) is 0 Å². The quantitative estimate of drug-likeness (QED) is 0.736. The van der Waals surface area contributed by atoms with E-state index < -0.39 is 23.1 Å². The molecule has 1 heterocycles. The van der Waals surface area contributed by atoms with E-state index in [0.717, 1.165) is 34.0 Å². The van der Waals surface area contributed by atoms with Crippen molar-refractivity contribution in [3.8, 4) is 11.3 Å². The molecule has 1 N–H and O–H groups in total. The van der Waals surface area contributed by atoms with Gasteiger partial charge in [-0.3, -0.25) is 4.79 Å². The highest BCUT2D eigenvalue weighted by Crippen LogP contribution is 2.21. The van der Waals surface area contributed by atoms with Crippen LogP contribution in [0.25, 0.3) is 11.3 Å². The van der Waals surface area contributed by atoms with Crippen molar-refractivity contribution in [2.45, 2.75) is 13.3 Å². The van der Waals surface area contributed by atoms with Crippen molar-refractivity contribution in [1.82, 2.24) is 10.3 Å². The molecule has 0 spiro atoms. The molecule has 0 bridgehead atoms. The van der Waals surface area contributed by atoms with Crippen molar-refractivity contribution in [3.63, 3.8) is 0 Å². The number of nitrogens with zero attached hydrogens (tertiary/aromatic N) is 1. The lowest BCUT2D eigenvalue weighted by molar-refractivity contribution is 0.0945. The summed E-state index contributed by atoms with van der Waals surface area (Å²) < 4.78 is 27.1. The number of aromatic nitrogens is 1. The average molecular weight is 358 g/mol. The van der Waals surface area contributed by atoms with E-state index in [0.29, 0.717) is 13.0 Å². The van der Waals surface area contributed by atoms with E-state index in [1.165, 1.54) is 6.07 Å². The zero-order valence-electron chi connectivity index (χ0n) is 13.6. The van der Waals surface area contributed by atoms with Crippen molar-refractivity contribution in [2.75, 3.05) is 6.54 Å². The maximum Gasteiger partial charge on any atom is 0.257 e. The monoisotopic (exact) mass is 358 g/mol. The minimum atomic E-state index is -0.861. The summed E-state index contributed by atoms with van der Waals surface area (Å²) in [6.45, 7) is 2.26. The van der Waals surface area contributed by atoms with Crippen LogP contribution in [0.4, 0.5) is 8.78 Å². The predicted molar refractivity (Wildman–Crippen MR) is 94.7 cm³/mol. The number of nitrogens with one attached hydrogen (secondary N) is 1. The lowest BCUT2D eigenvalue weighted by Crippen LogP contribution is -2.27. The molecular weight excluding hydrogens is 342 g/mol. The smallest absolute Gasteiger partial charge is 0.257 e. The Labute approximate surface area is 148 Å². The van der Waals surface area contributed by atoms with Gasteiger partial charge in [0.15, 0.2) is 0 Å². The molecule has 2 aromatic carbocycles.